The number of aliphatic hydroxyl groups excluding tert-OH is 1. The van der Waals surface area contributed by atoms with Crippen LogP contribution >= 0.6 is 0 Å². The Balaban J connectivity index is 1.72. The van der Waals surface area contributed by atoms with E-state index in [9.17, 15) is 14.7 Å². The molecule has 0 aromatic carbocycles. The third-order valence-corrected chi connectivity index (χ3v) is 4.01. The third-order valence-electron chi connectivity index (χ3n) is 4.01. The number of amides is 2. The number of carbonyl (C=O) groups excluding carboxylic acids is 2. The van der Waals surface area contributed by atoms with Crippen LogP contribution in [-0.4, -0.2) is 53.5 Å². The summed E-state index contributed by atoms with van der Waals surface area (Å²) in [5.41, 5.74) is 5.29. The Hall–Kier alpha value is -1.34. The van der Waals surface area contributed by atoms with Gasteiger partial charge in [0.05, 0.1) is 12.6 Å². The highest BCUT2D eigenvalue weighted by molar-refractivity contribution is 5.80. The predicted molar refractivity (Wildman–Crippen MR) is 71.7 cm³/mol. The lowest BCUT2D eigenvalue weighted by molar-refractivity contribution is -0.126. The molecule has 2 atom stereocenters. The molecule has 7 nitrogen and oxygen atoms in total. The van der Waals surface area contributed by atoms with Crippen molar-refractivity contribution < 1.29 is 19.4 Å². The van der Waals surface area contributed by atoms with Crippen molar-refractivity contribution in [3.63, 3.8) is 0 Å². The number of rotatable bonds is 5. The molecular formula is C13H23N3O4. The molecule has 2 amide bonds. The van der Waals surface area contributed by atoms with Gasteiger partial charge in [-0.05, 0) is 38.5 Å². The van der Waals surface area contributed by atoms with E-state index >= 15 is 0 Å². The van der Waals surface area contributed by atoms with Crippen LogP contribution in [0.5, 0.6) is 0 Å². The van der Waals surface area contributed by atoms with Crippen LogP contribution < -0.4 is 11.1 Å². The highest BCUT2D eigenvalue weighted by Crippen LogP contribution is 2.21. The zero-order valence-corrected chi connectivity index (χ0v) is 11.6. The van der Waals surface area contributed by atoms with Crippen molar-refractivity contribution in [2.75, 3.05) is 13.1 Å². The molecule has 0 aromatic rings. The molecule has 1 saturated carbocycles. The van der Waals surface area contributed by atoms with Gasteiger partial charge in [0.15, 0.2) is 0 Å². The van der Waals surface area contributed by atoms with Gasteiger partial charge in [0.1, 0.15) is 12.3 Å². The fraction of sp³-hybridized carbons (Fsp3) is 0.846. The quantitative estimate of drug-likeness (QED) is 0.655. The molecule has 1 heterocycles. The van der Waals surface area contributed by atoms with Crippen LogP contribution in [0.4, 0.5) is 4.79 Å². The summed E-state index contributed by atoms with van der Waals surface area (Å²) in [5, 5.41) is 12.6. The highest BCUT2D eigenvalue weighted by atomic mass is 16.6. The van der Waals surface area contributed by atoms with E-state index in [1.54, 1.807) is 4.90 Å². The van der Waals surface area contributed by atoms with Crippen molar-refractivity contribution in [3.05, 3.63) is 0 Å². The maximum Gasteiger partial charge on any atom is 0.407 e. The SMILES string of the molecule is NC(=O)[C@@H]1CCCN1C(O)CNC(=O)OC1CCCC1. The molecule has 4 N–H and O–H groups in total. The number of primary amides is 1. The Morgan fingerprint density at radius 2 is 2.00 bits per heavy atom. The molecule has 7 heteroatoms. The molecule has 20 heavy (non-hydrogen) atoms. The Labute approximate surface area is 118 Å². The first-order valence-electron chi connectivity index (χ1n) is 7.25. The second kappa shape index (κ2) is 6.90. The normalized spacial score (nSPS) is 25.6. The van der Waals surface area contributed by atoms with Gasteiger partial charge in [0.2, 0.25) is 5.91 Å². The van der Waals surface area contributed by atoms with Crippen LogP contribution in [0.15, 0.2) is 0 Å². The number of ether oxygens (including phenoxy) is 1. The first kappa shape index (κ1) is 15.1. The zero-order valence-electron chi connectivity index (χ0n) is 11.6. The van der Waals surface area contributed by atoms with Crippen LogP contribution in [0.3, 0.4) is 0 Å². The van der Waals surface area contributed by atoms with Gasteiger partial charge in [0, 0.05) is 6.54 Å². The van der Waals surface area contributed by atoms with Gasteiger partial charge in [-0.2, -0.15) is 0 Å². The van der Waals surface area contributed by atoms with E-state index in [1.807, 2.05) is 0 Å². The Kier molecular flexibility index (Phi) is 5.19. The van der Waals surface area contributed by atoms with E-state index in [2.05, 4.69) is 5.32 Å². The van der Waals surface area contributed by atoms with E-state index in [1.165, 1.54) is 0 Å². The van der Waals surface area contributed by atoms with E-state index in [-0.39, 0.29) is 12.6 Å². The number of nitrogens with two attached hydrogens (primary N) is 1. The lowest BCUT2D eigenvalue weighted by Gasteiger charge is -2.27. The summed E-state index contributed by atoms with van der Waals surface area (Å²) in [6.45, 7) is 0.642. The topological polar surface area (TPSA) is 105 Å². The van der Waals surface area contributed by atoms with Gasteiger partial charge in [-0.25, -0.2) is 4.79 Å². The molecule has 114 valence electrons. The molecule has 0 spiro atoms. The molecule has 1 saturated heterocycles. The smallest absolute Gasteiger partial charge is 0.407 e. The van der Waals surface area contributed by atoms with Gasteiger partial charge in [-0.3, -0.25) is 9.69 Å². The molecule has 1 unspecified atom stereocenters. The summed E-state index contributed by atoms with van der Waals surface area (Å²) >= 11 is 0. The summed E-state index contributed by atoms with van der Waals surface area (Å²) in [6, 6.07) is -0.447. The molecule has 0 bridgehead atoms. The Bertz CT molecular complexity index is 358. The lowest BCUT2D eigenvalue weighted by atomic mass is 10.2. The van der Waals surface area contributed by atoms with Crippen LogP contribution in [-0.2, 0) is 9.53 Å². The van der Waals surface area contributed by atoms with Crippen LogP contribution in [0.1, 0.15) is 38.5 Å². The van der Waals surface area contributed by atoms with Crippen molar-refractivity contribution in [1.82, 2.24) is 10.2 Å². The average molecular weight is 285 g/mol. The summed E-state index contributed by atoms with van der Waals surface area (Å²) < 4.78 is 5.23. The van der Waals surface area contributed by atoms with Crippen LogP contribution in [0, 0.1) is 0 Å². The molecule has 1 aliphatic carbocycles. The second-order valence-corrected chi connectivity index (χ2v) is 5.47. The number of likely N-dealkylation sites (tertiary alicyclic amines) is 1. The fourth-order valence-electron chi connectivity index (χ4n) is 2.94. The molecule has 0 aromatic heterocycles. The van der Waals surface area contributed by atoms with Crippen LogP contribution in [0.25, 0.3) is 0 Å². The number of hydrogen-bond acceptors (Lipinski definition) is 5. The molecule has 2 fully saturated rings. The van der Waals surface area contributed by atoms with Gasteiger partial charge in [-0.15, -0.1) is 0 Å². The monoisotopic (exact) mass is 285 g/mol. The summed E-state index contributed by atoms with van der Waals surface area (Å²) in [4.78, 5) is 24.4. The number of nitrogens with zero attached hydrogens (tertiary/aromatic N) is 1. The first-order valence-corrected chi connectivity index (χ1v) is 7.25. The van der Waals surface area contributed by atoms with Crippen molar-refractivity contribution in [2.45, 2.75) is 56.9 Å². The minimum Gasteiger partial charge on any atom is -0.446 e. The van der Waals surface area contributed by atoms with E-state index in [4.69, 9.17) is 10.5 Å². The molecule has 1 aliphatic heterocycles. The number of aliphatic hydroxyl groups is 1. The number of carbonyl (C=O) groups is 2. The van der Waals surface area contributed by atoms with Crippen molar-refractivity contribution >= 4 is 12.0 Å². The van der Waals surface area contributed by atoms with Crippen LogP contribution in [0.2, 0.25) is 0 Å². The van der Waals surface area contributed by atoms with Gasteiger partial charge < -0.3 is 20.9 Å². The second-order valence-electron chi connectivity index (χ2n) is 5.47. The minimum atomic E-state index is -0.911. The van der Waals surface area contributed by atoms with Crippen molar-refractivity contribution in [2.24, 2.45) is 5.73 Å². The molecular weight excluding hydrogens is 262 g/mol. The number of alkyl carbamates (subject to hydrolysis) is 1. The van der Waals surface area contributed by atoms with E-state index in [0.29, 0.717) is 13.0 Å². The van der Waals surface area contributed by atoms with Crippen molar-refractivity contribution in [1.29, 1.82) is 0 Å². The summed E-state index contributed by atoms with van der Waals surface area (Å²) in [6.07, 6.45) is 4.05. The molecule has 2 rings (SSSR count). The largest absolute Gasteiger partial charge is 0.446 e. The van der Waals surface area contributed by atoms with Gasteiger partial charge in [-0.1, -0.05) is 0 Å². The standard InChI is InChI=1S/C13H23N3O4/c14-12(18)10-6-3-7-16(10)11(17)8-15-13(19)20-9-4-1-2-5-9/h9-11,17H,1-8H2,(H2,14,18)(H,15,19)/t10-,11?/m0/s1. The van der Waals surface area contributed by atoms with Gasteiger partial charge in [0.25, 0.3) is 0 Å². The molecule has 2 aliphatic rings. The number of nitrogens with one attached hydrogen (secondary N) is 1. The Morgan fingerprint density at radius 3 is 2.65 bits per heavy atom. The lowest BCUT2D eigenvalue weighted by Crippen LogP contribution is -2.50. The first-order chi connectivity index (χ1) is 9.58. The van der Waals surface area contributed by atoms with Gasteiger partial charge >= 0.3 is 6.09 Å². The maximum atomic E-state index is 11.6. The summed E-state index contributed by atoms with van der Waals surface area (Å²) in [5.74, 6) is -0.435. The van der Waals surface area contributed by atoms with Crippen molar-refractivity contribution in [3.8, 4) is 0 Å². The molecule has 0 radical (unpaired) electrons. The predicted octanol–water partition coefficient (Wildman–Crippen LogP) is -0.0767. The maximum absolute atomic E-state index is 11.6. The zero-order chi connectivity index (χ0) is 14.5. The minimum absolute atomic E-state index is 0.00250. The third kappa shape index (κ3) is 3.83. The van der Waals surface area contributed by atoms with E-state index in [0.717, 1.165) is 32.1 Å². The average Bonchev–Trinajstić information content (AvgIpc) is 3.06. The summed E-state index contributed by atoms with van der Waals surface area (Å²) in [7, 11) is 0. The number of hydrogen-bond donors (Lipinski definition) is 3. The van der Waals surface area contributed by atoms with E-state index < -0.39 is 24.3 Å². The highest BCUT2D eigenvalue weighted by Gasteiger charge is 2.33. The Morgan fingerprint density at radius 1 is 1.30 bits per heavy atom. The fourth-order valence-corrected chi connectivity index (χ4v) is 2.94.